The van der Waals surface area contributed by atoms with E-state index in [4.69, 9.17) is 9.97 Å². The maximum absolute atomic E-state index is 5.11. The van der Waals surface area contributed by atoms with Gasteiger partial charge in [0.1, 0.15) is 11.6 Å². The summed E-state index contributed by atoms with van der Waals surface area (Å²) in [4.78, 5) is 17.5. The van der Waals surface area contributed by atoms with Crippen LogP contribution in [0.3, 0.4) is 0 Å². The molecule has 0 radical (unpaired) electrons. The Morgan fingerprint density at radius 3 is 1.70 bits per heavy atom. The normalized spacial score (nSPS) is 15.7. The van der Waals surface area contributed by atoms with E-state index in [2.05, 4.69) is 87.9 Å². The zero-order valence-corrected chi connectivity index (χ0v) is 24.6. The molecule has 0 spiro atoms. The number of aromatic nitrogens is 4. The maximum Gasteiger partial charge on any atom is 0.112 e. The van der Waals surface area contributed by atoms with Gasteiger partial charge in [0.2, 0.25) is 0 Å². The van der Waals surface area contributed by atoms with Gasteiger partial charge < -0.3 is 9.97 Å². The van der Waals surface area contributed by atoms with Gasteiger partial charge in [0.25, 0.3) is 0 Å². The van der Waals surface area contributed by atoms with E-state index in [-0.39, 0.29) is 10.8 Å². The molecule has 0 unspecified atom stereocenters. The number of hydrogen-bond acceptors (Lipinski definition) is 2. The van der Waals surface area contributed by atoms with E-state index in [1.165, 1.54) is 72.4 Å². The number of hydrogen-bond donors (Lipinski definition) is 2. The van der Waals surface area contributed by atoms with Crippen LogP contribution >= 0.6 is 0 Å². The fourth-order valence-corrected chi connectivity index (χ4v) is 7.12. The van der Waals surface area contributed by atoms with Crippen LogP contribution in [0.1, 0.15) is 86.8 Å². The first-order chi connectivity index (χ1) is 19.0. The molecule has 2 aromatic heterocycles. The van der Waals surface area contributed by atoms with E-state index in [0.29, 0.717) is 0 Å². The Hall–Kier alpha value is -3.66. The molecule has 3 aromatic carbocycles. The Morgan fingerprint density at radius 2 is 1.07 bits per heavy atom. The number of nitrogens with zero attached hydrogens (tertiary/aromatic N) is 2. The van der Waals surface area contributed by atoms with Crippen LogP contribution in [-0.2, 0) is 49.4 Å². The molecule has 5 aromatic rings. The highest BCUT2D eigenvalue weighted by atomic mass is 15.0. The predicted octanol–water partition coefficient (Wildman–Crippen LogP) is 8.18. The van der Waals surface area contributed by atoms with Gasteiger partial charge in [0, 0.05) is 33.3 Å². The van der Waals surface area contributed by atoms with Gasteiger partial charge >= 0.3 is 0 Å². The molecule has 0 saturated carbocycles. The Morgan fingerprint density at radius 1 is 0.550 bits per heavy atom. The Labute approximate surface area is 236 Å². The molecule has 0 bridgehead atoms. The SMILES string of the molecule is CC(C)(C)c1nc2c([nH]1)CCc1cc3c(cc1-2)CCc1c-3ccc2cc3c(cc12)CCc1[nH]c(C(C)(C)C)nc1-3. The van der Waals surface area contributed by atoms with Gasteiger partial charge in [-0.25, -0.2) is 9.97 Å². The molecule has 0 amide bonds. The molecule has 0 saturated heterocycles. The van der Waals surface area contributed by atoms with Crippen LogP contribution in [0, 0.1) is 0 Å². The lowest BCUT2D eigenvalue weighted by atomic mass is 9.78. The second-order valence-corrected chi connectivity index (χ2v) is 14.3. The minimum atomic E-state index is 0.0214. The second kappa shape index (κ2) is 7.96. The minimum Gasteiger partial charge on any atom is -0.345 e. The number of aromatic amines is 2. The predicted molar refractivity (Wildman–Crippen MR) is 164 cm³/mol. The van der Waals surface area contributed by atoms with Gasteiger partial charge in [0.05, 0.1) is 11.4 Å². The summed E-state index contributed by atoms with van der Waals surface area (Å²) in [6.07, 6.45) is 6.37. The lowest BCUT2D eigenvalue weighted by Gasteiger charge is -2.26. The van der Waals surface area contributed by atoms with Crippen LogP contribution in [0.5, 0.6) is 0 Å². The zero-order valence-electron chi connectivity index (χ0n) is 24.6. The summed E-state index contributed by atoms with van der Waals surface area (Å²) in [5.41, 5.74) is 16.4. The zero-order chi connectivity index (χ0) is 27.6. The Kier molecular flexibility index (Phi) is 4.81. The summed E-state index contributed by atoms with van der Waals surface area (Å²) in [5.74, 6) is 2.19. The molecule has 0 atom stereocenters. The Balaban J connectivity index is 1.24. The lowest BCUT2D eigenvalue weighted by molar-refractivity contribution is 0.551. The van der Waals surface area contributed by atoms with Gasteiger partial charge in [-0.15, -0.1) is 0 Å². The quantitative estimate of drug-likeness (QED) is 0.214. The molecular formula is C36H38N4. The summed E-state index contributed by atoms with van der Waals surface area (Å²) in [6, 6.07) is 14.6. The molecule has 3 aliphatic carbocycles. The smallest absolute Gasteiger partial charge is 0.112 e. The molecule has 2 N–H and O–H groups in total. The first-order valence-corrected chi connectivity index (χ1v) is 15.0. The van der Waals surface area contributed by atoms with Gasteiger partial charge in [-0.3, -0.25) is 0 Å². The van der Waals surface area contributed by atoms with Crippen molar-refractivity contribution in [1.82, 2.24) is 19.9 Å². The van der Waals surface area contributed by atoms with Gasteiger partial charge in [-0.1, -0.05) is 65.8 Å². The molecule has 40 heavy (non-hydrogen) atoms. The summed E-state index contributed by atoms with van der Waals surface area (Å²) in [6.45, 7) is 13.4. The van der Waals surface area contributed by atoms with E-state index in [9.17, 15) is 0 Å². The van der Waals surface area contributed by atoms with Gasteiger partial charge in [-0.05, 0) is 94.8 Å². The average Bonchev–Trinajstić information content (AvgIpc) is 3.56. The monoisotopic (exact) mass is 526 g/mol. The summed E-state index contributed by atoms with van der Waals surface area (Å²) in [7, 11) is 0. The first kappa shape index (κ1) is 24.2. The maximum atomic E-state index is 5.11. The average molecular weight is 527 g/mol. The van der Waals surface area contributed by atoms with Crippen molar-refractivity contribution in [1.29, 1.82) is 0 Å². The van der Waals surface area contributed by atoms with Crippen molar-refractivity contribution in [2.24, 2.45) is 0 Å². The Bertz CT molecular complexity index is 1870. The highest BCUT2D eigenvalue weighted by Gasteiger charge is 2.29. The lowest BCUT2D eigenvalue weighted by Crippen LogP contribution is -2.13. The topological polar surface area (TPSA) is 57.4 Å². The number of imidazole rings is 2. The molecule has 0 aliphatic heterocycles. The third-order valence-electron chi connectivity index (χ3n) is 9.40. The van der Waals surface area contributed by atoms with Crippen molar-refractivity contribution in [3.63, 3.8) is 0 Å². The van der Waals surface area contributed by atoms with Crippen molar-refractivity contribution >= 4 is 10.8 Å². The van der Waals surface area contributed by atoms with Crippen molar-refractivity contribution in [2.75, 3.05) is 0 Å². The molecule has 2 heterocycles. The van der Waals surface area contributed by atoms with Crippen LogP contribution < -0.4 is 0 Å². The van der Waals surface area contributed by atoms with Crippen molar-refractivity contribution in [3.8, 4) is 33.6 Å². The van der Waals surface area contributed by atoms with Crippen molar-refractivity contribution in [3.05, 3.63) is 81.7 Å². The van der Waals surface area contributed by atoms with E-state index in [1.807, 2.05) is 0 Å². The standard InChI is InChI=1S/C36H38N4/c1-35(2,3)33-37-29-13-9-21-15-25-19(17-27(21)31(29)39-33)7-11-24-23(25)12-8-20-18-28-22(16-26(20)24)10-14-30-32(28)40-34(38-30)36(4,5)6/h7,11,15-18H,8-10,12-14H2,1-6H3,(H,37,39)(H,38,40). The molecule has 202 valence electrons. The fraction of sp³-hybridized carbons (Fsp3) is 0.389. The van der Waals surface area contributed by atoms with E-state index in [0.717, 1.165) is 55.9 Å². The number of H-pyrrole nitrogens is 2. The number of benzene rings is 3. The third kappa shape index (κ3) is 3.51. The number of aryl methyl sites for hydroxylation is 6. The van der Waals surface area contributed by atoms with Crippen LogP contribution in [0.25, 0.3) is 44.4 Å². The van der Waals surface area contributed by atoms with Crippen molar-refractivity contribution in [2.45, 2.75) is 90.9 Å². The molecule has 3 aliphatic rings. The highest BCUT2D eigenvalue weighted by Crippen LogP contribution is 2.45. The van der Waals surface area contributed by atoms with Crippen LogP contribution in [0.4, 0.5) is 0 Å². The third-order valence-corrected chi connectivity index (χ3v) is 9.40. The van der Waals surface area contributed by atoms with E-state index >= 15 is 0 Å². The largest absolute Gasteiger partial charge is 0.345 e. The molecule has 4 heteroatoms. The second-order valence-electron chi connectivity index (χ2n) is 14.3. The molecule has 8 rings (SSSR count). The van der Waals surface area contributed by atoms with Gasteiger partial charge in [-0.2, -0.15) is 0 Å². The first-order valence-electron chi connectivity index (χ1n) is 15.0. The molecule has 0 fully saturated rings. The number of rotatable bonds is 0. The van der Waals surface area contributed by atoms with E-state index < -0.39 is 0 Å². The van der Waals surface area contributed by atoms with E-state index in [1.54, 1.807) is 0 Å². The summed E-state index contributed by atoms with van der Waals surface area (Å²) >= 11 is 0. The number of fused-ring (bicyclic) bond motifs is 11. The molecular weight excluding hydrogens is 488 g/mol. The van der Waals surface area contributed by atoms with Crippen LogP contribution in [0.15, 0.2) is 36.4 Å². The highest BCUT2D eigenvalue weighted by molar-refractivity contribution is 5.97. The minimum absolute atomic E-state index is 0.0214. The van der Waals surface area contributed by atoms with Crippen molar-refractivity contribution < 1.29 is 0 Å². The summed E-state index contributed by atoms with van der Waals surface area (Å²) in [5, 5.41) is 2.77. The van der Waals surface area contributed by atoms with Crippen LogP contribution in [0.2, 0.25) is 0 Å². The molecule has 4 nitrogen and oxygen atoms in total. The fourth-order valence-electron chi connectivity index (χ4n) is 7.12. The van der Waals surface area contributed by atoms with Crippen LogP contribution in [-0.4, -0.2) is 19.9 Å². The summed E-state index contributed by atoms with van der Waals surface area (Å²) < 4.78 is 0. The number of nitrogens with one attached hydrogen (secondary N) is 2. The van der Waals surface area contributed by atoms with Gasteiger partial charge in [0.15, 0.2) is 0 Å².